The fourth-order valence-electron chi connectivity index (χ4n) is 4.58. The molecule has 0 bridgehead atoms. The molecule has 1 aliphatic carbocycles. The molecule has 0 spiro atoms. The number of sulfonamides is 1. The van der Waals surface area contributed by atoms with Gasteiger partial charge in [-0.05, 0) is 54.5 Å². The highest BCUT2D eigenvalue weighted by atomic mass is 32.2. The van der Waals surface area contributed by atoms with Crippen molar-refractivity contribution in [1.82, 2.24) is 9.29 Å². The van der Waals surface area contributed by atoms with Crippen LogP contribution in [-0.4, -0.2) is 18.2 Å². The van der Waals surface area contributed by atoms with E-state index in [1.54, 1.807) is 13.1 Å². The van der Waals surface area contributed by atoms with Crippen LogP contribution in [0.1, 0.15) is 64.1 Å². The molecule has 0 radical (unpaired) electrons. The highest BCUT2D eigenvalue weighted by molar-refractivity contribution is 7.90. The highest BCUT2D eigenvalue weighted by Crippen LogP contribution is 2.40. The van der Waals surface area contributed by atoms with E-state index in [-0.39, 0.29) is 16.5 Å². The van der Waals surface area contributed by atoms with Crippen LogP contribution in [0.2, 0.25) is 0 Å². The first kappa shape index (κ1) is 25.7. The van der Waals surface area contributed by atoms with Gasteiger partial charge in [0.1, 0.15) is 5.82 Å². The summed E-state index contributed by atoms with van der Waals surface area (Å²) in [5.74, 6) is -0.794. The molecule has 2 aromatic carbocycles. The maximum Gasteiger partial charge on any atom is 0.417 e. The van der Waals surface area contributed by atoms with Crippen LogP contribution in [-0.2, 0) is 22.7 Å². The summed E-state index contributed by atoms with van der Waals surface area (Å²) in [6.07, 6.45) is -0.749. The standard InChI is InChI=1S/C26H30F4N2O2S/c1-16(31-35(33,34)17-8-7-9-17)21-14-32(15-25(2,3)4)24-13-19(23(27)12-20(21)24)18-10-5-6-11-22(18)26(28,29)30/h5-6,10-14,16-17,31H,7-9,15H2,1-4H3. The predicted molar refractivity (Wildman–Crippen MR) is 130 cm³/mol. The summed E-state index contributed by atoms with van der Waals surface area (Å²) in [4.78, 5) is 0. The van der Waals surface area contributed by atoms with Crippen LogP contribution in [0, 0.1) is 11.2 Å². The first-order valence-corrected chi connectivity index (χ1v) is 13.2. The summed E-state index contributed by atoms with van der Waals surface area (Å²) in [5.41, 5.74) is -0.332. The summed E-state index contributed by atoms with van der Waals surface area (Å²) in [6.45, 7) is 8.27. The highest BCUT2D eigenvalue weighted by Gasteiger charge is 2.35. The molecule has 1 atom stereocenters. The Balaban J connectivity index is 1.87. The Morgan fingerprint density at radius 2 is 1.74 bits per heavy atom. The van der Waals surface area contributed by atoms with E-state index in [9.17, 15) is 21.6 Å². The van der Waals surface area contributed by atoms with Crippen LogP contribution >= 0.6 is 0 Å². The summed E-state index contributed by atoms with van der Waals surface area (Å²) >= 11 is 0. The van der Waals surface area contributed by atoms with Gasteiger partial charge in [0.05, 0.1) is 10.8 Å². The number of fused-ring (bicyclic) bond motifs is 1. The predicted octanol–water partition coefficient (Wildman–Crippen LogP) is 7.05. The van der Waals surface area contributed by atoms with E-state index in [1.165, 1.54) is 30.3 Å². The Kier molecular flexibility index (Phi) is 6.55. The van der Waals surface area contributed by atoms with Crippen molar-refractivity contribution in [2.45, 2.75) is 71.0 Å². The minimum absolute atomic E-state index is 0.145. The molecule has 35 heavy (non-hydrogen) atoms. The number of alkyl halides is 3. The third-order valence-electron chi connectivity index (χ3n) is 6.47. The van der Waals surface area contributed by atoms with Gasteiger partial charge in [-0.3, -0.25) is 0 Å². The average Bonchev–Trinajstić information content (AvgIpc) is 3.00. The quantitative estimate of drug-likeness (QED) is 0.362. The van der Waals surface area contributed by atoms with Crippen molar-refractivity contribution < 1.29 is 26.0 Å². The Bertz CT molecular complexity index is 1350. The number of nitrogens with zero attached hydrogens (tertiary/aromatic N) is 1. The molecule has 9 heteroatoms. The van der Waals surface area contributed by atoms with E-state index >= 15 is 4.39 Å². The Hall–Kier alpha value is -2.39. The van der Waals surface area contributed by atoms with E-state index in [1.807, 2.05) is 25.3 Å². The van der Waals surface area contributed by atoms with Gasteiger partial charge in [-0.15, -0.1) is 0 Å². The van der Waals surface area contributed by atoms with Gasteiger partial charge >= 0.3 is 6.18 Å². The van der Waals surface area contributed by atoms with Gasteiger partial charge in [-0.25, -0.2) is 17.5 Å². The smallest absolute Gasteiger partial charge is 0.347 e. The van der Waals surface area contributed by atoms with Crippen LogP contribution in [0.4, 0.5) is 17.6 Å². The zero-order valence-electron chi connectivity index (χ0n) is 20.2. The summed E-state index contributed by atoms with van der Waals surface area (Å²) < 4.78 is 86.4. The van der Waals surface area contributed by atoms with Crippen LogP contribution in [0.5, 0.6) is 0 Å². The zero-order valence-corrected chi connectivity index (χ0v) is 21.0. The summed E-state index contributed by atoms with van der Waals surface area (Å²) in [7, 11) is -3.53. The third-order valence-corrected chi connectivity index (χ3v) is 8.50. The normalized spacial score (nSPS) is 16.5. The van der Waals surface area contributed by atoms with Gasteiger partial charge in [0.2, 0.25) is 10.0 Å². The molecule has 4 nitrogen and oxygen atoms in total. The van der Waals surface area contributed by atoms with Crippen LogP contribution in [0.3, 0.4) is 0 Å². The maximum absolute atomic E-state index is 15.4. The van der Waals surface area contributed by atoms with Crippen LogP contribution in [0.15, 0.2) is 42.6 Å². The summed E-state index contributed by atoms with van der Waals surface area (Å²) in [5, 5.41) is 0.0545. The SMILES string of the molecule is CC(NS(=O)(=O)C1CCC1)c1cn(CC(C)(C)C)c2cc(-c3ccccc3C(F)(F)F)c(F)cc12. The number of aromatic nitrogens is 1. The van der Waals surface area contributed by atoms with Crippen molar-refractivity contribution in [3.8, 4) is 11.1 Å². The molecule has 1 fully saturated rings. The van der Waals surface area contributed by atoms with E-state index in [4.69, 9.17) is 0 Å². The molecule has 1 N–H and O–H groups in total. The van der Waals surface area contributed by atoms with E-state index < -0.39 is 38.9 Å². The second-order valence-electron chi connectivity index (χ2n) is 10.6. The second kappa shape index (κ2) is 8.92. The number of hydrogen-bond acceptors (Lipinski definition) is 2. The maximum atomic E-state index is 15.4. The minimum Gasteiger partial charge on any atom is -0.347 e. The van der Waals surface area contributed by atoms with Crippen molar-refractivity contribution in [3.05, 3.63) is 59.5 Å². The van der Waals surface area contributed by atoms with Crippen molar-refractivity contribution in [2.24, 2.45) is 5.41 Å². The molecular formula is C26H30F4N2O2S. The Labute approximate surface area is 203 Å². The van der Waals surface area contributed by atoms with Gasteiger partial charge in [-0.1, -0.05) is 45.4 Å². The Morgan fingerprint density at radius 1 is 1.09 bits per heavy atom. The lowest BCUT2D eigenvalue weighted by Crippen LogP contribution is -2.39. The largest absolute Gasteiger partial charge is 0.417 e. The zero-order chi connectivity index (χ0) is 25.8. The van der Waals surface area contributed by atoms with Gasteiger partial charge in [0.15, 0.2) is 0 Å². The van der Waals surface area contributed by atoms with E-state index in [0.29, 0.717) is 35.9 Å². The molecule has 4 rings (SSSR count). The second-order valence-corrected chi connectivity index (χ2v) is 12.6. The molecule has 0 aliphatic heterocycles. The molecule has 1 heterocycles. The van der Waals surface area contributed by atoms with Gasteiger partial charge in [-0.2, -0.15) is 13.2 Å². The van der Waals surface area contributed by atoms with E-state index in [2.05, 4.69) is 4.72 Å². The van der Waals surface area contributed by atoms with Crippen LogP contribution in [0.25, 0.3) is 22.0 Å². The molecule has 1 aliphatic rings. The number of halogens is 4. The molecule has 1 aromatic heterocycles. The molecule has 0 amide bonds. The molecule has 1 saturated carbocycles. The van der Waals surface area contributed by atoms with Gasteiger partial charge in [0, 0.05) is 35.2 Å². The Morgan fingerprint density at radius 3 is 2.31 bits per heavy atom. The molecule has 0 saturated heterocycles. The van der Waals surface area contributed by atoms with Crippen LogP contribution < -0.4 is 4.72 Å². The topological polar surface area (TPSA) is 51.1 Å². The van der Waals surface area contributed by atoms with Crippen molar-refractivity contribution in [1.29, 1.82) is 0 Å². The molecular weight excluding hydrogens is 480 g/mol. The number of nitrogens with one attached hydrogen (secondary N) is 1. The minimum atomic E-state index is -4.63. The van der Waals surface area contributed by atoms with Crippen molar-refractivity contribution in [3.63, 3.8) is 0 Å². The number of benzene rings is 2. The number of rotatable bonds is 6. The van der Waals surface area contributed by atoms with Gasteiger partial charge < -0.3 is 4.57 Å². The van der Waals surface area contributed by atoms with Gasteiger partial charge in [0.25, 0.3) is 0 Å². The third kappa shape index (κ3) is 5.26. The average molecular weight is 511 g/mol. The monoisotopic (exact) mass is 510 g/mol. The van der Waals surface area contributed by atoms with E-state index in [0.717, 1.165) is 12.5 Å². The first-order valence-electron chi connectivity index (χ1n) is 11.7. The summed E-state index contributed by atoms with van der Waals surface area (Å²) in [6, 6.07) is 6.97. The fourth-order valence-corrected chi connectivity index (χ4v) is 6.35. The molecule has 3 aromatic rings. The molecule has 190 valence electrons. The lowest BCUT2D eigenvalue weighted by molar-refractivity contribution is -0.137. The molecule has 1 unspecified atom stereocenters. The number of hydrogen-bond donors (Lipinski definition) is 1. The fraction of sp³-hybridized carbons (Fsp3) is 0.462. The first-order chi connectivity index (χ1) is 16.2. The lowest BCUT2D eigenvalue weighted by atomic mass is 9.96. The lowest BCUT2D eigenvalue weighted by Gasteiger charge is -2.27. The van der Waals surface area contributed by atoms with Crippen molar-refractivity contribution >= 4 is 20.9 Å². The van der Waals surface area contributed by atoms with Crippen molar-refractivity contribution in [2.75, 3.05) is 0 Å².